The van der Waals surface area contributed by atoms with Crippen LogP contribution in [-0.4, -0.2) is 11.5 Å². The van der Waals surface area contributed by atoms with Gasteiger partial charge in [0.2, 0.25) is 0 Å². The van der Waals surface area contributed by atoms with Gasteiger partial charge in [-0.3, -0.25) is 4.79 Å². The van der Waals surface area contributed by atoms with Gasteiger partial charge in [-0.15, -0.1) is 0 Å². The van der Waals surface area contributed by atoms with E-state index in [1.165, 1.54) is 11.1 Å². The molecule has 0 saturated heterocycles. The molecule has 0 atom stereocenters. The quantitative estimate of drug-likeness (QED) is 0.222. The number of nitrogens with one attached hydrogen (secondary N) is 2. The van der Waals surface area contributed by atoms with Gasteiger partial charge in [0.1, 0.15) is 5.78 Å². The lowest BCUT2D eigenvalue weighted by Crippen LogP contribution is -2.21. The summed E-state index contributed by atoms with van der Waals surface area (Å²) in [4.78, 5) is 11.7. The maximum absolute atomic E-state index is 11.7. The lowest BCUT2D eigenvalue weighted by Gasteiger charge is -2.20. The molecule has 158 valence electrons. The molecule has 0 radical (unpaired) electrons. The Morgan fingerprint density at radius 3 is 2.55 bits per heavy atom. The minimum absolute atomic E-state index is 0.206. The van der Waals surface area contributed by atoms with Gasteiger partial charge in [0.15, 0.2) is 0 Å². The van der Waals surface area contributed by atoms with Gasteiger partial charge >= 0.3 is 0 Å². The first-order valence-electron chi connectivity index (χ1n) is 10.5. The maximum atomic E-state index is 11.7. The molecular weight excluding hydrogens is 356 g/mol. The van der Waals surface area contributed by atoms with Crippen LogP contribution in [0.15, 0.2) is 60.3 Å². The first-order chi connectivity index (χ1) is 13.7. The molecule has 1 rings (SSSR count). The Labute approximate surface area is 177 Å². The monoisotopic (exact) mass is 394 g/mol. The van der Waals surface area contributed by atoms with Gasteiger partial charge in [-0.25, -0.2) is 0 Å². The molecule has 3 heteroatoms. The molecule has 0 aliphatic rings. The molecule has 2 N–H and O–H groups in total. The van der Waals surface area contributed by atoms with E-state index in [4.69, 9.17) is 5.41 Å². The number of aryl methyl sites for hydroxylation is 1. The second-order valence-corrected chi connectivity index (χ2v) is 8.37. The number of rotatable bonds is 13. The molecule has 1 aromatic carbocycles. The second kappa shape index (κ2) is 12.2. The zero-order valence-electron chi connectivity index (χ0n) is 18.9. The van der Waals surface area contributed by atoms with Gasteiger partial charge in [-0.05, 0) is 75.7 Å². The van der Waals surface area contributed by atoms with Crippen molar-refractivity contribution in [1.82, 2.24) is 5.32 Å². The molecule has 29 heavy (non-hydrogen) atoms. The third kappa shape index (κ3) is 9.08. The minimum atomic E-state index is -0.313. The van der Waals surface area contributed by atoms with Crippen molar-refractivity contribution in [2.24, 2.45) is 5.41 Å². The van der Waals surface area contributed by atoms with Crippen LogP contribution >= 0.6 is 0 Å². The van der Waals surface area contributed by atoms with Crippen molar-refractivity contribution in [3.63, 3.8) is 0 Å². The lowest BCUT2D eigenvalue weighted by atomic mass is 9.83. The van der Waals surface area contributed by atoms with Gasteiger partial charge < -0.3 is 10.7 Å². The molecule has 0 bridgehead atoms. The summed E-state index contributed by atoms with van der Waals surface area (Å²) in [5, 5.41) is 11.9. The van der Waals surface area contributed by atoms with Crippen LogP contribution in [0.3, 0.4) is 0 Å². The Morgan fingerprint density at radius 1 is 1.24 bits per heavy atom. The van der Waals surface area contributed by atoms with Crippen molar-refractivity contribution in [2.75, 3.05) is 0 Å². The number of carbonyl (C=O) groups is 1. The summed E-state index contributed by atoms with van der Waals surface area (Å²) in [7, 11) is 0. The lowest BCUT2D eigenvalue weighted by molar-refractivity contribution is -0.125. The molecule has 0 heterocycles. The fourth-order valence-corrected chi connectivity index (χ4v) is 2.98. The summed E-state index contributed by atoms with van der Waals surface area (Å²) in [6.07, 6.45) is 10.2. The standard InChI is InChI=1S/C26H38N2O/c1-7-8-9-14-21(3)25(28-19-23-15-11-10-13-20(23)2)18-24(27)16-12-17-26(5,6)22(4)29/h7-8,10-11,13,15,18,27-28H,3,9,12,14,16-17,19H2,1-2,4-6H3/b8-7-,25-18-,27-24?. The van der Waals surface area contributed by atoms with Crippen LogP contribution in [0.5, 0.6) is 0 Å². The average molecular weight is 395 g/mol. The molecular formula is C26H38N2O. The Balaban J connectivity index is 2.80. The van der Waals surface area contributed by atoms with Crippen molar-refractivity contribution in [1.29, 1.82) is 5.41 Å². The largest absolute Gasteiger partial charge is 0.381 e. The summed E-state index contributed by atoms with van der Waals surface area (Å²) in [6, 6.07) is 8.33. The summed E-state index contributed by atoms with van der Waals surface area (Å²) in [5.41, 5.74) is 4.71. The summed E-state index contributed by atoms with van der Waals surface area (Å²) in [5.74, 6) is 0.206. The van der Waals surface area contributed by atoms with E-state index in [0.717, 1.165) is 37.0 Å². The van der Waals surface area contributed by atoms with Gasteiger partial charge in [0, 0.05) is 23.4 Å². The third-order valence-electron chi connectivity index (χ3n) is 5.48. The molecule has 0 fully saturated rings. The molecule has 0 saturated carbocycles. The minimum Gasteiger partial charge on any atom is -0.381 e. The highest BCUT2D eigenvalue weighted by atomic mass is 16.1. The smallest absolute Gasteiger partial charge is 0.135 e. The van der Waals surface area contributed by atoms with Crippen LogP contribution in [0.4, 0.5) is 0 Å². The van der Waals surface area contributed by atoms with E-state index in [1.54, 1.807) is 6.92 Å². The maximum Gasteiger partial charge on any atom is 0.135 e. The van der Waals surface area contributed by atoms with Gasteiger partial charge in [0.05, 0.1) is 0 Å². The van der Waals surface area contributed by atoms with Crippen LogP contribution in [0.2, 0.25) is 0 Å². The van der Waals surface area contributed by atoms with E-state index in [0.29, 0.717) is 18.7 Å². The number of hydrogen-bond donors (Lipinski definition) is 2. The molecule has 1 aromatic rings. The predicted octanol–water partition coefficient (Wildman–Crippen LogP) is 6.69. The number of hydrogen-bond acceptors (Lipinski definition) is 3. The predicted molar refractivity (Wildman–Crippen MR) is 125 cm³/mol. The molecule has 3 nitrogen and oxygen atoms in total. The second-order valence-electron chi connectivity index (χ2n) is 8.37. The SMILES string of the molecule is C=C(CC/C=C\C)/C(=C/C(=N)CCCC(C)(C)C(C)=O)NCc1ccccc1C. The van der Waals surface area contributed by atoms with E-state index in [-0.39, 0.29) is 11.2 Å². The number of carbonyl (C=O) groups excluding carboxylic acids is 1. The van der Waals surface area contributed by atoms with Gasteiger partial charge in [0.25, 0.3) is 0 Å². The van der Waals surface area contributed by atoms with E-state index >= 15 is 0 Å². The van der Waals surface area contributed by atoms with Crippen molar-refractivity contribution in [3.05, 3.63) is 71.5 Å². The highest BCUT2D eigenvalue weighted by Gasteiger charge is 2.22. The number of benzene rings is 1. The van der Waals surface area contributed by atoms with Crippen molar-refractivity contribution >= 4 is 11.5 Å². The Morgan fingerprint density at radius 2 is 1.93 bits per heavy atom. The van der Waals surface area contributed by atoms with Crippen molar-refractivity contribution in [2.45, 2.75) is 73.3 Å². The average Bonchev–Trinajstić information content (AvgIpc) is 2.66. The van der Waals surface area contributed by atoms with Crippen LogP contribution in [0.25, 0.3) is 0 Å². The summed E-state index contributed by atoms with van der Waals surface area (Å²) < 4.78 is 0. The topological polar surface area (TPSA) is 53.0 Å². The Kier molecular flexibility index (Phi) is 10.4. The van der Waals surface area contributed by atoms with Crippen LogP contribution in [0.1, 0.15) is 70.9 Å². The summed E-state index contributed by atoms with van der Waals surface area (Å²) >= 11 is 0. The highest BCUT2D eigenvalue weighted by Crippen LogP contribution is 2.24. The van der Waals surface area contributed by atoms with E-state index in [2.05, 4.69) is 43.1 Å². The Bertz CT molecular complexity index is 769. The zero-order chi connectivity index (χ0) is 21.9. The first-order valence-corrected chi connectivity index (χ1v) is 10.5. The van der Waals surface area contributed by atoms with Crippen LogP contribution in [-0.2, 0) is 11.3 Å². The molecule has 0 spiro atoms. The van der Waals surface area contributed by atoms with Crippen molar-refractivity contribution in [3.8, 4) is 0 Å². The number of Topliss-reactive ketones (excluding diaryl/α,β-unsaturated/α-hetero) is 1. The highest BCUT2D eigenvalue weighted by molar-refractivity contribution is 5.93. The Hall–Kier alpha value is -2.42. The molecule has 0 unspecified atom stereocenters. The fourth-order valence-electron chi connectivity index (χ4n) is 2.98. The number of ketones is 1. The van der Waals surface area contributed by atoms with Gasteiger partial charge in [-0.2, -0.15) is 0 Å². The molecule has 0 aliphatic carbocycles. The summed E-state index contributed by atoms with van der Waals surface area (Å²) in [6.45, 7) is 14.7. The van der Waals surface area contributed by atoms with Crippen LogP contribution in [0, 0.1) is 17.7 Å². The normalized spacial score (nSPS) is 12.2. The van der Waals surface area contributed by atoms with E-state index in [9.17, 15) is 4.79 Å². The number of allylic oxidation sites excluding steroid dienone is 4. The van der Waals surface area contributed by atoms with E-state index in [1.807, 2.05) is 39.0 Å². The molecule has 0 aliphatic heterocycles. The van der Waals surface area contributed by atoms with Gasteiger partial charge in [-0.1, -0.05) is 56.8 Å². The fraction of sp³-hybridized carbons (Fsp3) is 0.462. The first kappa shape index (κ1) is 24.6. The zero-order valence-corrected chi connectivity index (χ0v) is 18.9. The molecule has 0 aromatic heterocycles. The van der Waals surface area contributed by atoms with Crippen molar-refractivity contribution < 1.29 is 4.79 Å². The third-order valence-corrected chi connectivity index (χ3v) is 5.48. The molecule has 0 amide bonds. The van der Waals surface area contributed by atoms with Crippen LogP contribution < -0.4 is 5.32 Å². The van der Waals surface area contributed by atoms with E-state index < -0.39 is 0 Å².